The number of rotatable bonds is 4. The number of hydrogen-bond donors (Lipinski definition) is 1. The molecular formula is C16H19BrN2. The van der Waals surface area contributed by atoms with Crippen molar-refractivity contribution in [1.29, 1.82) is 0 Å². The zero-order chi connectivity index (χ0) is 13.9. The molecule has 0 amide bonds. The first-order chi connectivity index (χ1) is 8.97. The quantitative estimate of drug-likeness (QED) is 0.895. The Morgan fingerprint density at radius 2 is 1.79 bits per heavy atom. The number of nitrogens with zero attached hydrogens (tertiary/aromatic N) is 1. The van der Waals surface area contributed by atoms with Crippen molar-refractivity contribution in [2.45, 2.75) is 26.2 Å². The van der Waals surface area contributed by atoms with Gasteiger partial charge < -0.3 is 5.32 Å². The van der Waals surface area contributed by atoms with Crippen molar-refractivity contribution in [3.05, 3.63) is 58.2 Å². The van der Waals surface area contributed by atoms with Crippen LogP contribution >= 0.6 is 15.9 Å². The van der Waals surface area contributed by atoms with Gasteiger partial charge in [0.25, 0.3) is 0 Å². The predicted octanol–water partition coefficient (Wildman–Crippen LogP) is 4.54. The number of benzene rings is 1. The number of nitrogens with one attached hydrogen (secondary N) is 1. The van der Waals surface area contributed by atoms with E-state index in [4.69, 9.17) is 0 Å². The molecule has 1 heterocycles. The first-order valence-electron chi connectivity index (χ1n) is 6.40. The van der Waals surface area contributed by atoms with Crippen molar-refractivity contribution in [3.63, 3.8) is 0 Å². The number of aryl methyl sites for hydroxylation is 1. The molecule has 0 aliphatic rings. The molecule has 19 heavy (non-hydrogen) atoms. The van der Waals surface area contributed by atoms with Crippen LogP contribution in [0.25, 0.3) is 0 Å². The Bertz CT molecular complexity index is 530. The highest BCUT2D eigenvalue weighted by atomic mass is 79.9. The molecule has 0 unspecified atom stereocenters. The third-order valence-corrected chi connectivity index (χ3v) is 3.74. The summed E-state index contributed by atoms with van der Waals surface area (Å²) in [6.07, 6.45) is 1.81. The lowest BCUT2D eigenvalue weighted by molar-refractivity contribution is 0.556. The third-order valence-electron chi connectivity index (χ3n) is 3.27. The SMILES string of the molecule is Cc1ccc(C(C)(C)CNc2ccc(Br)cn2)cc1. The highest BCUT2D eigenvalue weighted by Gasteiger charge is 2.20. The summed E-state index contributed by atoms with van der Waals surface area (Å²) in [5.74, 6) is 0.906. The molecule has 3 heteroatoms. The maximum Gasteiger partial charge on any atom is 0.125 e. The molecule has 0 bridgehead atoms. The number of halogens is 1. The zero-order valence-electron chi connectivity index (χ0n) is 11.6. The lowest BCUT2D eigenvalue weighted by atomic mass is 9.84. The summed E-state index contributed by atoms with van der Waals surface area (Å²) in [5, 5.41) is 3.39. The average Bonchev–Trinajstić information content (AvgIpc) is 2.39. The summed E-state index contributed by atoms with van der Waals surface area (Å²) in [6.45, 7) is 7.44. The van der Waals surface area contributed by atoms with Gasteiger partial charge in [0.1, 0.15) is 5.82 Å². The lowest BCUT2D eigenvalue weighted by Gasteiger charge is -2.26. The Morgan fingerprint density at radius 3 is 2.37 bits per heavy atom. The van der Waals surface area contributed by atoms with Gasteiger partial charge in [-0.15, -0.1) is 0 Å². The van der Waals surface area contributed by atoms with Crippen LogP contribution in [0.2, 0.25) is 0 Å². The molecule has 0 spiro atoms. The molecule has 1 aromatic heterocycles. The maximum absolute atomic E-state index is 4.33. The van der Waals surface area contributed by atoms with E-state index in [9.17, 15) is 0 Å². The number of pyridine rings is 1. The summed E-state index contributed by atoms with van der Waals surface area (Å²) in [7, 11) is 0. The number of hydrogen-bond acceptors (Lipinski definition) is 2. The summed E-state index contributed by atoms with van der Waals surface area (Å²) in [4.78, 5) is 4.33. The van der Waals surface area contributed by atoms with Crippen LogP contribution in [0, 0.1) is 6.92 Å². The minimum Gasteiger partial charge on any atom is -0.369 e. The van der Waals surface area contributed by atoms with Crippen molar-refractivity contribution in [2.75, 3.05) is 11.9 Å². The van der Waals surface area contributed by atoms with Gasteiger partial charge in [-0.1, -0.05) is 43.7 Å². The van der Waals surface area contributed by atoms with E-state index in [-0.39, 0.29) is 5.41 Å². The molecule has 0 aliphatic heterocycles. The molecule has 1 aromatic carbocycles. The van der Waals surface area contributed by atoms with E-state index in [0.29, 0.717) is 0 Å². The normalized spacial score (nSPS) is 11.4. The van der Waals surface area contributed by atoms with Gasteiger partial charge in [0.15, 0.2) is 0 Å². The molecular weight excluding hydrogens is 300 g/mol. The number of anilines is 1. The van der Waals surface area contributed by atoms with E-state index in [1.807, 2.05) is 12.1 Å². The Labute approximate surface area is 123 Å². The van der Waals surface area contributed by atoms with Crippen molar-refractivity contribution >= 4 is 21.7 Å². The molecule has 2 aromatic rings. The average molecular weight is 319 g/mol. The minimum atomic E-state index is 0.0719. The van der Waals surface area contributed by atoms with Crippen LogP contribution in [-0.4, -0.2) is 11.5 Å². The molecule has 0 saturated heterocycles. The fourth-order valence-electron chi connectivity index (χ4n) is 1.90. The van der Waals surface area contributed by atoms with Gasteiger partial charge in [0.2, 0.25) is 0 Å². The first kappa shape index (κ1) is 14.1. The van der Waals surface area contributed by atoms with E-state index >= 15 is 0 Å². The summed E-state index contributed by atoms with van der Waals surface area (Å²) < 4.78 is 0.996. The van der Waals surface area contributed by atoms with Crippen molar-refractivity contribution in [2.24, 2.45) is 0 Å². The van der Waals surface area contributed by atoms with Gasteiger partial charge in [0, 0.05) is 22.6 Å². The van der Waals surface area contributed by atoms with Crippen LogP contribution in [0.5, 0.6) is 0 Å². The fraction of sp³-hybridized carbons (Fsp3) is 0.312. The molecule has 0 radical (unpaired) electrons. The Morgan fingerprint density at radius 1 is 1.11 bits per heavy atom. The van der Waals surface area contributed by atoms with Crippen LogP contribution in [0.1, 0.15) is 25.0 Å². The first-order valence-corrected chi connectivity index (χ1v) is 7.19. The van der Waals surface area contributed by atoms with Gasteiger partial charge in [-0.2, -0.15) is 0 Å². The molecule has 0 atom stereocenters. The molecule has 1 N–H and O–H groups in total. The van der Waals surface area contributed by atoms with Gasteiger partial charge >= 0.3 is 0 Å². The van der Waals surface area contributed by atoms with Crippen molar-refractivity contribution in [3.8, 4) is 0 Å². The van der Waals surface area contributed by atoms with Gasteiger partial charge in [-0.25, -0.2) is 4.98 Å². The molecule has 2 rings (SSSR count). The van der Waals surface area contributed by atoms with Crippen molar-refractivity contribution in [1.82, 2.24) is 4.98 Å². The van der Waals surface area contributed by atoms with Crippen LogP contribution in [0.15, 0.2) is 47.1 Å². The lowest BCUT2D eigenvalue weighted by Crippen LogP contribution is -2.27. The highest BCUT2D eigenvalue weighted by Crippen LogP contribution is 2.24. The Hall–Kier alpha value is -1.35. The van der Waals surface area contributed by atoms with E-state index < -0.39 is 0 Å². The topological polar surface area (TPSA) is 24.9 Å². The monoisotopic (exact) mass is 318 g/mol. The Kier molecular flexibility index (Phi) is 4.25. The smallest absolute Gasteiger partial charge is 0.125 e. The van der Waals surface area contributed by atoms with E-state index in [2.05, 4.69) is 71.3 Å². The van der Waals surface area contributed by atoms with Crippen LogP contribution in [0.3, 0.4) is 0 Å². The Balaban J connectivity index is 2.04. The molecule has 0 fully saturated rings. The van der Waals surface area contributed by atoms with E-state index in [0.717, 1.165) is 16.8 Å². The van der Waals surface area contributed by atoms with Gasteiger partial charge in [-0.3, -0.25) is 0 Å². The second-order valence-corrected chi connectivity index (χ2v) is 6.38. The highest BCUT2D eigenvalue weighted by molar-refractivity contribution is 9.10. The van der Waals surface area contributed by atoms with Crippen LogP contribution in [-0.2, 0) is 5.41 Å². The van der Waals surface area contributed by atoms with Gasteiger partial charge in [0.05, 0.1) is 0 Å². The molecule has 0 aliphatic carbocycles. The predicted molar refractivity (Wildman–Crippen MR) is 84.6 cm³/mol. The zero-order valence-corrected chi connectivity index (χ0v) is 13.2. The van der Waals surface area contributed by atoms with Crippen molar-refractivity contribution < 1.29 is 0 Å². The third kappa shape index (κ3) is 3.80. The van der Waals surface area contributed by atoms with Crippen LogP contribution in [0.4, 0.5) is 5.82 Å². The second kappa shape index (κ2) is 5.74. The summed E-state index contributed by atoms with van der Waals surface area (Å²) in [5.41, 5.74) is 2.70. The molecule has 0 saturated carbocycles. The second-order valence-electron chi connectivity index (χ2n) is 5.47. The minimum absolute atomic E-state index is 0.0719. The van der Waals surface area contributed by atoms with Gasteiger partial charge in [-0.05, 0) is 40.5 Å². The van der Waals surface area contributed by atoms with E-state index in [1.165, 1.54) is 11.1 Å². The van der Waals surface area contributed by atoms with Crippen LogP contribution < -0.4 is 5.32 Å². The maximum atomic E-state index is 4.33. The largest absolute Gasteiger partial charge is 0.369 e. The van der Waals surface area contributed by atoms with E-state index in [1.54, 1.807) is 6.20 Å². The molecule has 2 nitrogen and oxygen atoms in total. The number of aromatic nitrogens is 1. The summed E-state index contributed by atoms with van der Waals surface area (Å²) in [6, 6.07) is 12.7. The standard InChI is InChI=1S/C16H19BrN2/c1-12-4-6-13(7-5-12)16(2,3)11-19-15-9-8-14(17)10-18-15/h4-10H,11H2,1-3H3,(H,18,19). The summed E-state index contributed by atoms with van der Waals surface area (Å²) >= 11 is 3.39. The molecule has 100 valence electrons. The fourth-order valence-corrected chi connectivity index (χ4v) is 2.13.